The van der Waals surface area contributed by atoms with Crippen LogP contribution in [0.1, 0.15) is 52.9 Å². The molecule has 0 aliphatic carbocycles. The topological polar surface area (TPSA) is 55.4 Å². The van der Waals surface area contributed by atoms with Crippen molar-refractivity contribution in [3.05, 3.63) is 0 Å². The summed E-state index contributed by atoms with van der Waals surface area (Å²) < 4.78 is 4.75. The minimum Gasteiger partial charge on any atom is -0.459 e. The Labute approximate surface area is 104 Å². The average molecular weight is 243 g/mol. The van der Waals surface area contributed by atoms with E-state index in [0.29, 0.717) is 19.1 Å². The lowest BCUT2D eigenvalue weighted by atomic mass is 9.99. The number of hydrogen-bond acceptors (Lipinski definition) is 3. The second kappa shape index (κ2) is 10.1. The maximum Gasteiger partial charge on any atom is 0.396 e. The molecule has 0 saturated heterocycles. The predicted molar refractivity (Wildman–Crippen MR) is 67.6 cm³/mol. The van der Waals surface area contributed by atoms with E-state index >= 15 is 0 Å². The van der Waals surface area contributed by atoms with Gasteiger partial charge in [-0.3, -0.25) is 4.79 Å². The Kier molecular flexibility index (Phi) is 9.49. The summed E-state index contributed by atoms with van der Waals surface area (Å²) in [7, 11) is 0. The molecule has 0 saturated carbocycles. The minimum atomic E-state index is -0.766. The Morgan fingerprint density at radius 1 is 1.18 bits per heavy atom. The molecular formula is C13H25NO3. The summed E-state index contributed by atoms with van der Waals surface area (Å²) in [6, 6.07) is 0. The summed E-state index contributed by atoms with van der Waals surface area (Å²) in [4.78, 5) is 22.5. The highest BCUT2D eigenvalue weighted by Crippen LogP contribution is 2.10. The summed E-state index contributed by atoms with van der Waals surface area (Å²) in [5.74, 6) is -0.927. The normalized spacial score (nSPS) is 11.9. The van der Waals surface area contributed by atoms with Crippen LogP contribution >= 0.6 is 0 Å². The van der Waals surface area contributed by atoms with Gasteiger partial charge in [-0.25, -0.2) is 4.79 Å². The van der Waals surface area contributed by atoms with Gasteiger partial charge in [-0.15, -0.1) is 0 Å². The molecule has 0 heterocycles. The maximum atomic E-state index is 11.4. The summed E-state index contributed by atoms with van der Waals surface area (Å²) in [6.07, 6.45) is 5.16. The molecule has 0 aromatic heterocycles. The molecular weight excluding hydrogens is 218 g/mol. The number of carbonyl (C=O) groups excluding carboxylic acids is 2. The number of nitrogens with one attached hydrogen (secondary N) is 1. The molecule has 4 heteroatoms. The lowest BCUT2D eigenvalue weighted by Gasteiger charge is -2.14. The average Bonchev–Trinajstić information content (AvgIpc) is 2.35. The molecule has 0 radical (unpaired) electrons. The number of unbranched alkanes of at least 4 members (excludes halogenated alkanes) is 1. The molecule has 0 aromatic carbocycles. The standard InChI is InChI=1S/C13H25NO3/c1-4-7-8-11(6-3)10-14-12(15)13(16)17-9-5-2/h11H,4-10H2,1-3H3,(H,14,15). The second-order valence-electron chi connectivity index (χ2n) is 4.26. The van der Waals surface area contributed by atoms with Crippen LogP contribution in [0.4, 0.5) is 0 Å². The molecule has 1 amide bonds. The molecule has 0 aliphatic rings. The monoisotopic (exact) mass is 243 g/mol. The van der Waals surface area contributed by atoms with Gasteiger partial charge in [-0.05, 0) is 18.8 Å². The fourth-order valence-corrected chi connectivity index (χ4v) is 1.51. The van der Waals surface area contributed by atoms with Gasteiger partial charge in [-0.1, -0.05) is 40.0 Å². The first-order valence-corrected chi connectivity index (χ1v) is 6.60. The number of rotatable bonds is 8. The summed E-state index contributed by atoms with van der Waals surface area (Å²) in [5, 5.41) is 2.64. The fourth-order valence-electron chi connectivity index (χ4n) is 1.51. The Hall–Kier alpha value is -1.06. The van der Waals surface area contributed by atoms with Crippen LogP contribution in [0, 0.1) is 5.92 Å². The van der Waals surface area contributed by atoms with Crippen LogP contribution in [0.2, 0.25) is 0 Å². The minimum absolute atomic E-state index is 0.305. The van der Waals surface area contributed by atoms with Gasteiger partial charge < -0.3 is 10.1 Å². The highest BCUT2D eigenvalue weighted by Gasteiger charge is 2.16. The molecule has 17 heavy (non-hydrogen) atoms. The molecule has 4 nitrogen and oxygen atoms in total. The third-order valence-corrected chi connectivity index (χ3v) is 2.72. The summed E-state index contributed by atoms with van der Waals surface area (Å²) in [6.45, 7) is 7.01. The first kappa shape index (κ1) is 15.9. The van der Waals surface area contributed by atoms with Crippen molar-refractivity contribution >= 4 is 11.9 Å². The first-order valence-electron chi connectivity index (χ1n) is 6.60. The van der Waals surface area contributed by atoms with Gasteiger partial charge >= 0.3 is 11.9 Å². The van der Waals surface area contributed by atoms with Gasteiger partial charge in [0.1, 0.15) is 0 Å². The first-order chi connectivity index (χ1) is 8.15. The van der Waals surface area contributed by atoms with Crippen molar-refractivity contribution in [3.63, 3.8) is 0 Å². The highest BCUT2D eigenvalue weighted by molar-refractivity contribution is 6.32. The van der Waals surface area contributed by atoms with Crippen molar-refractivity contribution in [1.29, 1.82) is 0 Å². The number of esters is 1. The molecule has 0 spiro atoms. The third kappa shape index (κ3) is 7.77. The van der Waals surface area contributed by atoms with E-state index in [1.165, 1.54) is 0 Å². The maximum absolute atomic E-state index is 11.4. The van der Waals surface area contributed by atoms with Crippen molar-refractivity contribution in [2.45, 2.75) is 52.9 Å². The van der Waals surface area contributed by atoms with Gasteiger partial charge in [-0.2, -0.15) is 0 Å². The molecule has 1 unspecified atom stereocenters. The molecule has 0 aliphatic heterocycles. The zero-order valence-corrected chi connectivity index (χ0v) is 11.3. The van der Waals surface area contributed by atoms with Crippen LogP contribution in [-0.4, -0.2) is 25.0 Å². The van der Waals surface area contributed by atoms with Gasteiger partial charge in [0.25, 0.3) is 0 Å². The zero-order valence-electron chi connectivity index (χ0n) is 11.3. The van der Waals surface area contributed by atoms with Gasteiger partial charge in [0.2, 0.25) is 0 Å². The Morgan fingerprint density at radius 3 is 2.41 bits per heavy atom. The molecule has 100 valence electrons. The summed E-state index contributed by atoms with van der Waals surface area (Å²) >= 11 is 0. The van der Waals surface area contributed by atoms with Crippen LogP contribution in [0.25, 0.3) is 0 Å². The van der Waals surface area contributed by atoms with Crippen molar-refractivity contribution < 1.29 is 14.3 Å². The Morgan fingerprint density at radius 2 is 1.88 bits per heavy atom. The molecule has 1 N–H and O–H groups in total. The number of carbonyl (C=O) groups is 2. The van der Waals surface area contributed by atoms with E-state index in [-0.39, 0.29) is 0 Å². The van der Waals surface area contributed by atoms with Gasteiger partial charge in [0, 0.05) is 6.54 Å². The largest absolute Gasteiger partial charge is 0.459 e. The van der Waals surface area contributed by atoms with E-state index in [9.17, 15) is 9.59 Å². The number of amides is 1. The molecule has 0 fully saturated rings. The van der Waals surface area contributed by atoms with Crippen LogP contribution in [0.5, 0.6) is 0 Å². The van der Waals surface area contributed by atoms with Crippen molar-refractivity contribution in [1.82, 2.24) is 5.32 Å². The predicted octanol–water partition coefficient (Wildman–Crippen LogP) is 2.27. The SMILES string of the molecule is CCCCC(CC)CNC(=O)C(=O)OCCC. The van der Waals surface area contributed by atoms with Crippen molar-refractivity contribution in [2.75, 3.05) is 13.2 Å². The molecule has 0 bridgehead atoms. The Bertz CT molecular complexity index is 229. The molecule has 0 aromatic rings. The van der Waals surface area contributed by atoms with Crippen LogP contribution in [0.15, 0.2) is 0 Å². The molecule has 0 rings (SSSR count). The lowest BCUT2D eigenvalue weighted by molar-refractivity contribution is -0.155. The van der Waals surface area contributed by atoms with Crippen molar-refractivity contribution in [3.8, 4) is 0 Å². The number of ether oxygens (including phenoxy) is 1. The highest BCUT2D eigenvalue weighted by atomic mass is 16.5. The van der Waals surface area contributed by atoms with E-state index in [4.69, 9.17) is 4.74 Å². The summed E-state index contributed by atoms with van der Waals surface area (Å²) in [5.41, 5.74) is 0. The van der Waals surface area contributed by atoms with Crippen LogP contribution in [-0.2, 0) is 14.3 Å². The third-order valence-electron chi connectivity index (χ3n) is 2.72. The quantitative estimate of drug-likeness (QED) is 0.525. The lowest BCUT2D eigenvalue weighted by Crippen LogP contribution is -2.35. The number of hydrogen-bond donors (Lipinski definition) is 1. The van der Waals surface area contributed by atoms with Gasteiger partial charge in [0.15, 0.2) is 0 Å². The van der Waals surface area contributed by atoms with Gasteiger partial charge in [0.05, 0.1) is 6.61 Å². The van der Waals surface area contributed by atoms with E-state index in [0.717, 1.165) is 32.1 Å². The Balaban J connectivity index is 3.83. The van der Waals surface area contributed by atoms with E-state index in [1.54, 1.807) is 0 Å². The van der Waals surface area contributed by atoms with Crippen LogP contribution < -0.4 is 5.32 Å². The second-order valence-corrected chi connectivity index (χ2v) is 4.26. The van der Waals surface area contributed by atoms with E-state index in [2.05, 4.69) is 19.2 Å². The zero-order chi connectivity index (χ0) is 13.1. The van der Waals surface area contributed by atoms with E-state index < -0.39 is 11.9 Å². The van der Waals surface area contributed by atoms with Crippen LogP contribution in [0.3, 0.4) is 0 Å². The molecule has 1 atom stereocenters. The van der Waals surface area contributed by atoms with E-state index in [1.807, 2.05) is 6.92 Å². The smallest absolute Gasteiger partial charge is 0.396 e. The van der Waals surface area contributed by atoms with Crippen molar-refractivity contribution in [2.24, 2.45) is 5.92 Å². The fraction of sp³-hybridized carbons (Fsp3) is 0.846.